The number of anilines is 1. The summed E-state index contributed by atoms with van der Waals surface area (Å²) < 4.78 is 1.47. The van der Waals surface area contributed by atoms with Gasteiger partial charge in [0, 0.05) is 29.3 Å². The molecule has 6 nitrogen and oxygen atoms in total. The fourth-order valence-electron chi connectivity index (χ4n) is 3.26. The fraction of sp³-hybridized carbons (Fsp3) is 0.130. The van der Waals surface area contributed by atoms with Gasteiger partial charge in [-0.25, -0.2) is 0 Å². The number of nitrogens with zero attached hydrogens (tertiary/aromatic N) is 4. The highest BCUT2D eigenvalue weighted by Crippen LogP contribution is 2.52. The number of carbonyl (C=O) groups is 1. The average molecular weight is 414 g/mol. The highest BCUT2D eigenvalue weighted by molar-refractivity contribution is 8.01. The Morgan fingerprint density at radius 3 is 2.33 bits per heavy atom. The van der Waals surface area contributed by atoms with E-state index in [1.807, 2.05) is 77.4 Å². The Labute approximate surface area is 178 Å². The maximum atomic E-state index is 13.0. The predicted molar refractivity (Wildman–Crippen MR) is 117 cm³/mol. The van der Waals surface area contributed by atoms with Crippen LogP contribution >= 0.6 is 11.8 Å². The molecule has 1 aliphatic rings. The van der Waals surface area contributed by atoms with Crippen LogP contribution in [0.3, 0.4) is 0 Å². The molecule has 148 valence electrons. The Hall–Kier alpha value is -3.45. The zero-order valence-corrected chi connectivity index (χ0v) is 16.9. The number of aromatic nitrogens is 4. The molecule has 2 aromatic heterocycles. The third-order valence-corrected chi connectivity index (χ3v) is 6.43. The summed E-state index contributed by atoms with van der Waals surface area (Å²) in [6.45, 7) is 0. The summed E-state index contributed by atoms with van der Waals surface area (Å²) in [7, 11) is 0. The smallest absolute Gasteiger partial charge is 0.241 e. The van der Waals surface area contributed by atoms with Crippen LogP contribution < -0.4 is 5.32 Å². The number of rotatable bonds is 6. The van der Waals surface area contributed by atoms with E-state index in [4.69, 9.17) is 0 Å². The van der Waals surface area contributed by atoms with Gasteiger partial charge in [-0.1, -0.05) is 48.2 Å². The van der Waals surface area contributed by atoms with E-state index in [1.54, 1.807) is 12.4 Å². The molecule has 1 amide bonds. The highest BCUT2D eigenvalue weighted by Gasteiger charge is 2.52. The number of benzene rings is 2. The van der Waals surface area contributed by atoms with Crippen LogP contribution in [-0.2, 0) is 4.79 Å². The minimum Gasteiger partial charge on any atom is -0.325 e. The Kier molecular flexibility index (Phi) is 4.80. The average Bonchev–Trinajstić information content (AvgIpc) is 3.47. The first-order valence-electron chi connectivity index (χ1n) is 9.72. The summed E-state index contributed by atoms with van der Waals surface area (Å²) in [5.41, 5.74) is 2.62. The normalized spacial score (nSPS) is 14.3. The Morgan fingerprint density at radius 1 is 0.933 bits per heavy atom. The third-order valence-electron chi connectivity index (χ3n) is 5.00. The van der Waals surface area contributed by atoms with E-state index >= 15 is 0 Å². The van der Waals surface area contributed by atoms with Gasteiger partial charge in [0.05, 0.1) is 0 Å². The summed E-state index contributed by atoms with van der Waals surface area (Å²) in [6.07, 6.45) is 5.11. The molecule has 0 saturated heterocycles. The van der Waals surface area contributed by atoms with Crippen molar-refractivity contribution < 1.29 is 4.79 Å². The van der Waals surface area contributed by atoms with E-state index in [1.165, 1.54) is 11.8 Å². The van der Waals surface area contributed by atoms with E-state index < -0.39 is 4.75 Å². The lowest BCUT2D eigenvalue weighted by atomic mass is 10.2. The summed E-state index contributed by atoms with van der Waals surface area (Å²) in [4.78, 5) is 17.2. The zero-order chi connectivity index (χ0) is 20.4. The second-order valence-electron chi connectivity index (χ2n) is 7.14. The van der Waals surface area contributed by atoms with Gasteiger partial charge in [-0.05, 0) is 49.2 Å². The van der Waals surface area contributed by atoms with Crippen LogP contribution in [0.4, 0.5) is 5.69 Å². The Morgan fingerprint density at radius 2 is 1.67 bits per heavy atom. The molecule has 30 heavy (non-hydrogen) atoms. The zero-order valence-electron chi connectivity index (χ0n) is 16.1. The summed E-state index contributed by atoms with van der Waals surface area (Å²) in [5.74, 6) is 0.709. The summed E-state index contributed by atoms with van der Waals surface area (Å²) in [5, 5.41) is 12.6. The van der Waals surface area contributed by atoms with Crippen LogP contribution in [-0.4, -0.2) is 30.4 Å². The molecule has 0 atom stereocenters. The van der Waals surface area contributed by atoms with Crippen molar-refractivity contribution in [2.45, 2.75) is 22.7 Å². The van der Waals surface area contributed by atoms with E-state index in [-0.39, 0.29) is 5.91 Å². The molecule has 2 aromatic carbocycles. The van der Waals surface area contributed by atoms with Crippen LogP contribution in [0, 0.1) is 0 Å². The quantitative estimate of drug-likeness (QED) is 0.500. The van der Waals surface area contributed by atoms with Crippen molar-refractivity contribution in [3.63, 3.8) is 0 Å². The van der Waals surface area contributed by atoms with Crippen LogP contribution in [0.25, 0.3) is 17.1 Å². The third kappa shape index (κ3) is 3.59. The molecule has 0 radical (unpaired) electrons. The first-order chi connectivity index (χ1) is 14.8. The summed E-state index contributed by atoms with van der Waals surface area (Å²) in [6, 6.07) is 23.3. The van der Waals surface area contributed by atoms with E-state index in [0.29, 0.717) is 11.0 Å². The van der Waals surface area contributed by atoms with Gasteiger partial charge < -0.3 is 5.32 Å². The summed E-state index contributed by atoms with van der Waals surface area (Å²) >= 11 is 1.48. The van der Waals surface area contributed by atoms with Crippen molar-refractivity contribution >= 4 is 23.4 Å². The van der Waals surface area contributed by atoms with Gasteiger partial charge in [0.1, 0.15) is 4.75 Å². The molecule has 5 rings (SSSR count). The molecule has 0 aliphatic heterocycles. The lowest BCUT2D eigenvalue weighted by Gasteiger charge is -2.16. The maximum absolute atomic E-state index is 13.0. The Bertz CT molecular complexity index is 1160. The molecule has 1 aliphatic carbocycles. The molecule has 1 saturated carbocycles. The van der Waals surface area contributed by atoms with Gasteiger partial charge >= 0.3 is 0 Å². The molecule has 1 fully saturated rings. The molecule has 1 N–H and O–H groups in total. The standard InChI is InChI=1S/C23H19N5OS/c29-21(25-18-9-3-1-4-10-18)23(13-14-23)30-22-27-26-20(17-8-7-15-24-16-17)28(22)19-11-5-2-6-12-19/h1-12,15-16H,13-14H2,(H,25,29). The first kappa shape index (κ1) is 18.6. The van der Waals surface area contributed by atoms with Crippen molar-refractivity contribution in [3.05, 3.63) is 85.2 Å². The molecule has 0 spiro atoms. The van der Waals surface area contributed by atoms with Gasteiger partial charge in [-0.3, -0.25) is 14.3 Å². The van der Waals surface area contributed by atoms with Gasteiger partial charge in [-0.15, -0.1) is 10.2 Å². The predicted octanol–water partition coefficient (Wildman–Crippen LogP) is 4.59. The van der Waals surface area contributed by atoms with E-state index in [9.17, 15) is 4.79 Å². The molecule has 0 unspecified atom stereocenters. The van der Waals surface area contributed by atoms with Crippen molar-refractivity contribution in [3.8, 4) is 17.1 Å². The van der Waals surface area contributed by atoms with Crippen molar-refractivity contribution in [1.82, 2.24) is 19.7 Å². The van der Waals surface area contributed by atoms with Gasteiger partial charge in [-0.2, -0.15) is 0 Å². The molecule has 7 heteroatoms. The lowest BCUT2D eigenvalue weighted by Crippen LogP contribution is -2.27. The highest BCUT2D eigenvalue weighted by atomic mass is 32.2. The molecular weight excluding hydrogens is 394 g/mol. The van der Waals surface area contributed by atoms with Crippen LogP contribution in [0.15, 0.2) is 90.3 Å². The number of para-hydroxylation sites is 2. The van der Waals surface area contributed by atoms with Crippen molar-refractivity contribution in [2.75, 3.05) is 5.32 Å². The molecule has 0 bridgehead atoms. The van der Waals surface area contributed by atoms with Gasteiger partial charge in [0.2, 0.25) is 5.91 Å². The number of hydrogen-bond acceptors (Lipinski definition) is 5. The van der Waals surface area contributed by atoms with E-state index in [0.717, 1.165) is 29.8 Å². The van der Waals surface area contributed by atoms with Gasteiger partial charge in [0.25, 0.3) is 0 Å². The molecular formula is C23H19N5OS. The van der Waals surface area contributed by atoms with E-state index in [2.05, 4.69) is 20.5 Å². The minimum absolute atomic E-state index is 0.00393. The fourth-order valence-corrected chi connectivity index (χ4v) is 4.42. The first-order valence-corrected chi connectivity index (χ1v) is 10.5. The molecule has 4 aromatic rings. The number of thioether (sulfide) groups is 1. The monoisotopic (exact) mass is 413 g/mol. The number of hydrogen-bond donors (Lipinski definition) is 1. The SMILES string of the molecule is O=C(Nc1ccccc1)C1(Sc2nnc(-c3cccnc3)n2-c2ccccc2)CC1. The number of pyridine rings is 1. The van der Waals surface area contributed by atoms with Crippen LogP contribution in [0.1, 0.15) is 12.8 Å². The Balaban J connectivity index is 1.49. The van der Waals surface area contributed by atoms with Crippen LogP contribution in [0.5, 0.6) is 0 Å². The van der Waals surface area contributed by atoms with Crippen molar-refractivity contribution in [2.24, 2.45) is 0 Å². The second kappa shape index (κ2) is 7.76. The topological polar surface area (TPSA) is 72.7 Å². The minimum atomic E-state index is -0.526. The van der Waals surface area contributed by atoms with Crippen molar-refractivity contribution in [1.29, 1.82) is 0 Å². The van der Waals surface area contributed by atoms with Crippen LogP contribution in [0.2, 0.25) is 0 Å². The lowest BCUT2D eigenvalue weighted by molar-refractivity contribution is -0.116. The number of amides is 1. The number of nitrogens with one attached hydrogen (secondary N) is 1. The number of carbonyl (C=O) groups excluding carboxylic acids is 1. The van der Waals surface area contributed by atoms with Gasteiger partial charge in [0.15, 0.2) is 11.0 Å². The second-order valence-corrected chi connectivity index (χ2v) is 8.49. The molecule has 2 heterocycles. The maximum Gasteiger partial charge on any atom is 0.241 e. The largest absolute Gasteiger partial charge is 0.325 e.